The van der Waals surface area contributed by atoms with Crippen LogP contribution in [-0.4, -0.2) is 72.2 Å². The molecular weight excluding hydrogens is 316 g/mol. The zero-order chi connectivity index (χ0) is 17.7. The first kappa shape index (κ1) is 18.3. The fraction of sp³-hybridized carbons (Fsp3) is 0.684. The van der Waals surface area contributed by atoms with Crippen molar-refractivity contribution in [3.8, 4) is 0 Å². The third-order valence-corrected chi connectivity index (χ3v) is 6.00. The molecule has 0 aromatic carbocycles. The van der Waals surface area contributed by atoms with Crippen molar-refractivity contribution >= 4 is 5.91 Å². The summed E-state index contributed by atoms with van der Waals surface area (Å²) < 4.78 is 0. The Bertz CT molecular complexity index is 558. The first-order valence-corrected chi connectivity index (χ1v) is 9.30. The number of aliphatic hydroxyl groups is 1. The van der Waals surface area contributed by atoms with Gasteiger partial charge in [-0.15, -0.1) is 0 Å². The fourth-order valence-corrected chi connectivity index (χ4v) is 4.34. The number of pyridine rings is 1. The van der Waals surface area contributed by atoms with Crippen molar-refractivity contribution in [1.82, 2.24) is 20.1 Å². The van der Waals surface area contributed by atoms with Crippen molar-refractivity contribution in [2.75, 3.05) is 46.4 Å². The number of piperidine rings is 2. The minimum atomic E-state index is 0.209. The second-order valence-electron chi connectivity index (χ2n) is 7.60. The lowest BCUT2D eigenvalue weighted by Crippen LogP contribution is -2.54. The van der Waals surface area contributed by atoms with Gasteiger partial charge in [0, 0.05) is 51.1 Å². The van der Waals surface area contributed by atoms with Crippen LogP contribution >= 0.6 is 0 Å². The third kappa shape index (κ3) is 4.37. The molecule has 2 aliphatic rings. The van der Waals surface area contributed by atoms with Gasteiger partial charge in [-0.3, -0.25) is 14.7 Å². The van der Waals surface area contributed by atoms with Gasteiger partial charge in [0.25, 0.3) is 0 Å². The van der Waals surface area contributed by atoms with Crippen LogP contribution in [0.5, 0.6) is 0 Å². The SMILES string of the molecule is CN(CC(=O)N1CCC2(CCNCC2CO)CC1)Cc1ccncc1. The van der Waals surface area contributed by atoms with Gasteiger partial charge >= 0.3 is 0 Å². The molecule has 1 amide bonds. The van der Waals surface area contributed by atoms with Crippen LogP contribution in [0.15, 0.2) is 24.5 Å². The van der Waals surface area contributed by atoms with E-state index in [0.717, 1.165) is 52.0 Å². The number of likely N-dealkylation sites (N-methyl/N-ethyl adjacent to an activating group) is 1. The number of likely N-dealkylation sites (tertiary alicyclic amines) is 1. The highest BCUT2D eigenvalue weighted by molar-refractivity contribution is 5.78. The molecule has 6 nitrogen and oxygen atoms in total. The molecule has 1 unspecified atom stereocenters. The Balaban J connectivity index is 1.49. The molecule has 1 aromatic rings. The van der Waals surface area contributed by atoms with Crippen LogP contribution in [0.4, 0.5) is 0 Å². The first-order chi connectivity index (χ1) is 12.1. The normalized spacial score (nSPS) is 23.2. The van der Waals surface area contributed by atoms with E-state index in [2.05, 4.69) is 15.2 Å². The fourth-order valence-electron chi connectivity index (χ4n) is 4.34. The summed E-state index contributed by atoms with van der Waals surface area (Å²) >= 11 is 0. The molecule has 0 radical (unpaired) electrons. The Labute approximate surface area is 150 Å². The molecule has 0 saturated carbocycles. The molecule has 2 fully saturated rings. The lowest BCUT2D eigenvalue weighted by molar-refractivity contribution is -0.136. The Hall–Kier alpha value is -1.50. The minimum absolute atomic E-state index is 0.209. The van der Waals surface area contributed by atoms with Crippen LogP contribution in [0.1, 0.15) is 24.8 Å². The van der Waals surface area contributed by atoms with Crippen molar-refractivity contribution < 1.29 is 9.90 Å². The molecule has 1 atom stereocenters. The van der Waals surface area contributed by atoms with Crippen molar-refractivity contribution in [2.45, 2.75) is 25.8 Å². The molecule has 3 heterocycles. The highest BCUT2D eigenvalue weighted by Crippen LogP contribution is 2.43. The lowest BCUT2D eigenvalue weighted by Gasteiger charge is -2.49. The highest BCUT2D eigenvalue weighted by Gasteiger charge is 2.43. The van der Waals surface area contributed by atoms with Crippen LogP contribution in [0.3, 0.4) is 0 Å². The van der Waals surface area contributed by atoms with Crippen molar-refractivity contribution in [2.24, 2.45) is 11.3 Å². The number of hydrogen-bond acceptors (Lipinski definition) is 5. The number of hydrogen-bond donors (Lipinski definition) is 2. The van der Waals surface area contributed by atoms with Crippen molar-refractivity contribution in [3.05, 3.63) is 30.1 Å². The molecule has 6 heteroatoms. The topological polar surface area (TPSA) is 68.7 Å². The Morgan fingerprint density at radius 3 is 2.76 bits per heavy atom. The van der Waals surface area contributed by atoms with E-state index in [4.69, 9.17) is 0 Å². The molecule has 3 rings (SSSR count). The van der Waals surface area contributed by atoms with Crippen LogP contribution in [0.2, 0.25) is 0 Å². The summed E-state index contributed by atoms with van der Waals surface area (Å²) in [7, 11) is 1.98. The van der Waals surface area contributed by atoms with Gasteiger partial charge in [0.2, 0.25) is 5.91 Å². The van der Waals surface area contributed by atoms with Gasteiger partial charge in [-0.2, -0.15) is 0 Å². The predicted octanol–water partition coefficient (Wildman–Crippen LogP) is 0.724. The molecule has 2 N–H and O–H groups in total. The monoisotopic (exact) mass is 346 g/mol. The van der Waals surface area contributed by atoms with Crippen LogP contribution in [0.25, 0.3) is 0 Å². The summed E-state index contributed by atoms with van der Waals surface area (Å²) in [6, 6.07) is 3.97. The van der Waals surface area contributed by atoms with E-state index in [1.54, 1.807) is 12.4 Å². The molecule has 138 valence electrons. The summed E-state index contributed by atoms with van der Waals surface area (Å²) in [6.07, 6.45) is 6.71. The van der Waals surface area contributed by atoms with E-state index < -0.39 is 0 Å². The summed E-state index contributed by atoms with van der Waals surface area (Å²) in [4.78, 5) is 20.7. The van der Waals surface area contributed by atoms with E-state index in [1.807, 2.05) is 24.1 Å². The first-order valence-electron chi connectivity index (χ1n) is 9.30. The molecular formula is C19H30N4O2. The van der Waals surface area contributed by atoms with Gasteiger partial charge in [0.1, 0.15) is 0 Å². The van der Waals surface area contributed by atoms with E-state index in [0.29, 0.717) is 12.5 Å². The van der Waals surface area contributed by atoms with Crippen LogP contribution in [0, 0.1) is 11.3 Å². The van der Waals surface area contributed by atoms with E-state index in [9.17, 15) is 9.90 Å². The van der Waals surface area contributed by atoms with E-state index in [-0.39, 0.29) is 17.9 Å². The average Bonchev–Trinajstić information content (AvgIpc) is 2.63. The largest absolute Gasteiger partial charge is 0.396 e. The maximum absolute atomic E-state index is 12.6. The number of carbonyl (C=O) groups excluding carboxylic acids is 1. The minimum Gasteiger partial charge on any atom is -0.396 e. The second kappa shape index (κ2) is 8.25. The summed E-state index contributed by atoms with van der Waals surface area (Å²) in [5.74, 6) is 0.536. The highest BCUT2D eigenvalue weighted by atomic mass is 16.3. The zero-order valence-corrected chi connectivity index (χ0v) is 15.2. The maximum Gasteiger partial charge on any atom is 0.236 e. The smallest absolute Gasteiger partial charge is 0.236 e. The summed E-state index contributed by atoms with van der Waals surface area (Å²) in [5.41, 5.74) is 1.39. The van der Waals surface area contributed by atoms with E-state index >= 15 is 0 Å². The number of aromatic nitrogens is 1. The van der Waals surface area contributed by atoms with Gasteiger partial charge < -0.3 is 15.3 Å². The number of nitrogens with zero attached hydrogens (tertiary/aromatic N) is 3. The van der Waals surface area contributed by atoms with Gasteiger partial charge in [-0.05, 0) is 56.0 Å². The van der Waals surface area contributed by atoms with Gasteiger partial charge in [0.05, 0.1) is 6.54 Å². The molecule has 1 aromatic heterocycles. The molecule has 1 spiro atoms. The van der Waals surface area contributed by atoms with Gasteiger partial charge in [-0.25, -0.2) is 0 Å². The van der Waals surface area contributed by atoms with Gasteiger partial charge in [-0.1, -0.05) is 0 Å². The maximum atomic E-state index is 12.6. The third-order valence-electron chi connectivity index (χ3n) is 6.00. The lowest BCUT2D eigenvalue weighted by atomic mass is 9.65. The summed E-state index contributed by atoms with van der Waals surface area (Å²) in [5, 5.41) is 13.1. The number of nitrogens with one attached hydrogen (secondary N) is 1. The van der Waals surface area contributed by atoms with Crippen molar-refractivity contribution in [3.63, 3.8) is 0 Å². The standard InChI is InChI=1S/C19H30N4O2/c1-22(13-16-2-7-20-8-3-16)14-18(25)23-10-5-19(6-11-23)4-9-21-12-17(19)15-24/h2-3,7-8,17,21,24H,4-6,9-15H2,1H3. The number of carbonyl (C=O) groups is 1. The Morgan fingerprint density at radius 2 is 2.08 bits per heavy atom. The summed E-state index contributed by atoms with van der Waals surface area (Å²) in [6.45, 7) is 5.01. The second-order valence-corrected chi connectivity index (χ2v) is 7.60. The molecule has 25 heavy (non-hydrogen) atoms. The predicted molar refractivity (Wildman–Crippen MR) is 96.9 cm³/mol. The molecule has 2 saturated heterocycles. The zero-order valence-electron chi connectivity index (χ0n) is 15.2. The Kier molecular flexibility index (Phi) is 6.04. The molecule has 0 bridgehead atoms. The Morgan fingerprint density at radius 1 is 1.36 bits per heavy atom. The van der Waals surface area contributed by atoms with Crippen LogP contribution in [-0.2, 0) is 11.3 Å². The quantitative estimate of drug-likeness (QED) is 0.822. The molecule has 0 aliphatic carbocycles. The van der Waals surface area contributed by atoms with Crippen LogP contribution < -0.4 is 5.32 Å². The number of amides is 1. The van der Waals surface area contributed by atoms with E-state index in [1.165, 1.54) is 5.56 Å². The number of rotatable bonds is 5. The van der Waals surface area contributed by atoms with Gasteiger partial charge in [0.15, 0.2) is 0 Å². The van der Waals surface area contributed by atoms with Crippen molar-refractivity contribution in [1.29, 1.82) is 0 Å². The number of aliphatic hydroxyl groups excluding tert-OH is 1. The average molecular weight is 346 g/mol. The molecule has 2 aliphatic heterocycles.